The monoisotopic (exact) mass is 299 g/mol. The van der Waals surface area contributed by atoms with Gasteiger partial charge in [-0.1, -0.05) is 6.92 Å². The van der Waals surface area contributed by atoms with Gasteiger partial charge in [-0.15, -0.1) is 0 Å². The van der Waals surface area contributed by atoms with E-state index in [1.165, 1.54) is 0 Å². The Morgan fingerprint density at radius 2 is 1.62 bits per heavy atom. The van der Waals surface area contributed by atoms with E-state index in [4.69, 9.17) is 5.84 Å². The first-order valence-electron chi connectivity index (χ1n) is 7.05. The van der Waals surface area contributed by atoms with E-state index >= 15 is 0 Å². The largest absolute Gasteiger partial charge is 0.394 e. The number of nitrogens with one attached hydrogen (secondary N) is 2. The first kappa shape index (κ1) is 17.3. The summed E-state index contributed by atoms with van der Waals surface area (Å²) in [6, 6.07) is 0. The summed E-state index contributed by atoms with van der Waals surface area (Å²) in [5.41, 5.74) is 1.52. The Bertz CT molecular complexity index is 427. The first-order valence-corrected chi connectivity index (χ1v) is 7.05. The molecule has 0 amide bonds. The van der Waals surface area contributed by atoms with E-state index in [1.54, 1.807) is 0 Å². The number of hydrazine groups is 1. The average molecular weight is 299 g/mol. The summed E-state index contributed by atoms with van der Waals surface area (Å²) in [6.07, 6.45) is 0.512. The Morgan fingerprint density at radius 1 is 1.05 bits per heavy atom. The Kier molecular flexibility index (Phi) is 6.53. The van der Waals surface area contributed by atoms with E-state index in [1.807, 2.05) is 25.7 Å². The highest BCUT2D eigenvalue weighted by Gasteiger charge is 2.28. The molecular weight excluding hydrogens is 274 g/mol. The third-order valence-electron chi connectivity index (χ3n) is 3.46. The van der Waals surface area contributed by atoms with Gasteiger partial charge in [-0.3, -0.25) is 5.43 Å². The summed E-state index contributed by atoms with van der Waals surface area (Å²) in [5, 5.41) is 22.0. The van der Waals surface area contributed by atoms with E-state index in [9.17, 15) is 10.2 Å². The molecule has 6 N–H and O–H groups in total. The van der Waals surface area contributed by atoms with E-state index in [2.05, 4.69) is 25.7 Å². The van der Waals surface area contributed by atoms with Crippen LogP contribution in [0, 0.1) is 0 Å². The van der Waals surface area contributed by atoms with Crippen molar-refractivity contribution < 1.29 is 10.2 Å². The third kappa shape index (κ3) is 4.13. The molecule has 1 aromatic rings. The predicted octanol–water partition coefficient (Wildman–Crippen LogP) is -0.451. The Hall–Kier alpha value is -1.71. The van der Waals surface area contributed by atoms with E-state index in [0.29, 0.717) is 12.4 Å². The molecule has 0 aliphatic rings. The third-order valence-corrected chi connectivity index (χ3v) is 3.46. The lowest BCUT2D eigenvalue weighted by Gasteiger charge is -2.30. The maximum absolute atomic E-state index is 9.49. The molecule has 0 aromatic carbocycles. The molecule has 1 aromatic heterocycles. The SMILES string of the molecule is CCN(CC)c1nc(NN)nc(NC(CC)(CO)CO)n1. The summed E-state index contributed by atoms with van der Waals surface area (Å²) in [4.78, 5) is 14.6. The maximum Gasteiger partial charge on any atom is 0.243 e. The molecule has 0 fully saturated rings. The molecule has 1 rings (SSSR count). The number of hydrogen-bond donors (Lipinski definition) is 5. The van der Waals surface area contributed by atoms with E-state index in [0.717, 1.165) is 13.1 Å². The standard InChI is InChI=1S/C12H25N7O2/c1-4-12(7-20,8-21)17-9-14-10(18-13)16-11(15-9)19(5-2)6-3/h20-21H,4-8,13H2,1-3H3,(H2,14,15,16,17,18). The van der Waals surface area contributed by atoms with Gasteiger partial charge in [-0.25, -0.2) is 5.84 Å². The minimum atomic E-state index is -0.881. The van der Waals surface area contributed by atoms with Gasteiger partial charge in [-0.05, 0) is 20.3 Å². The average Bonchev–Trinajstić information content (AvgIpc) is 2.53. The molecule has 9 nitrogen and oxygen atoms in total. The molecule has 0 spiro atoms. The molecule has 0 atom stereocenters. The number of rotatable bonds is 9. The highest BCUT2D eigenvalue weighted by Crippen LogP contribution is 2.18. The number of aliphatic hydroxyl groups is 2. The van der Waals surface area contributed by atoms with Crippen LogP contribution in [-0.4, -0.2) is 57.0 Å². The van der Waals surface area contributed by atoms with Crippen molar-refractivity contribution in [1.29, 1.82) is 0 Å². The fraction of sp³-hybridized carbons (Fsp3) is 0.750. The highest BCUT2D eigenvalue weighted by atomic mass is 16.3. The lowest BCUT2D eigenvalue weighted by atomic mass is 9.99. The van der Waals surface area contributed by atoms with Crippen molar-refractivity contribution in [2.45, 2.75) is 32.7 Å². The number of nitrogens with zero attached hydrogens (tertiary/aromatic N) is 4. The topological polar surface area (TPSA) is 132 Å². The lowest BCUT2D eigenvalue weighted by Crippen LogP contribution is -2.46. The highest BCUT2D eigenvalue weighted by molar-refractivity contribution is 5.44. The second kappa shape index (κ2) is 7.91. The van der Waals surface area contributed by atoms with Gasteiger partial charge in [0.2, 0.25) is 17.8 Å². The van der Waals surface area contributed by atoms with Crippen LogP contribution in [0.5, 0.6) is 0 Å². The lowest BCUT2D eigenvalue weighted by molar-refractivity contribution is 0.132. The van der Waals surface area contributed by atoms with E-state index < -0.39 is 5.54 Å². The predicted molar refractivity (Wildman–Crippen MR) is 82.0 cm³/mol. The second-order valence-corrected chi connectivity index (χ2v) is 4.67. The fourth-order valence-corrected chi connectivity index (χ4v) is 1.81. The maximum atomic E-state index is 9.49. The molecule has 0 radical (unpaired) electrons. The minimum Gasteiger partial charge on any atom is -0.394 e. The van der Waals surface area contributed by atoms with Crippen LogP contribution in [0.25, 0.3) is 0 Å². The number of aliphatic hydroxyl groups excluding tert-OH is 2. The summed E-state index contributed by atoms with van der Waals surface area (Å²) in [6.45, 7) is 6.84. The first-order chi connectivity index (χ1) is 10.1. The van der Waals surface area contributed by atoms with Gasteiger partial charge in [0, 0.05) is 13.1 Å². The summed E-state index contributed by atoms with van der Waals surface area (Å²) < 4.78 is 0. The number of nitrogen functional groups attached to an aromatic ring is 1. The van der Waals surface area contributed by atoms with Crippen LogP contribution in [0.4, 0.5) is 17.8 Å². The van der Waals surface area contributed by atoms with Gasteiger partial charge in [-0.2, -0.15) is 15.0 Å². The summed E-state index contributed by atoms with van der Waals surface area (Å²) in [5.74, 6) is 6.33. The van der Waals surface area contributed by atoms with Gasteiger partial charge >= 0.3 is 0 Å². The van der Waals surface area contributed by atoms with Crippen LogP contribution in [0.3, 0.4) is 0 Å². The van der Waals surface area contributed by atoms with Crippen molar-refractivity contribution in [2.24, 2.45) is 5.84 Å². The number of aromatic nitrogens is 3. The van der Waals surface area contributed by atoms with Crippen LogP contribution >= 0.6 is 0 Å². The van der Waals surface area contributed by atoms with Crippen molar-refractivity contribution in [3.05, 3.63) is 0 Å². The quantitative estimate of drug-likeness (QED) is 0.303. The second-order valence-electron chi connectivity index (χ2n) is 4.67. The van der Waals surface area contributed by atoms with E-state index in [-0.39, 0.29) is 25.1 Å². The van der Waals surface area contributed by atoms with Gasteiger partial charge in [0.05, 0.1) is 18.8 Å². The zero-order chi connectivity index (χ0) is 15.9. The Balaban J connectivity index is 3.14. The Labute approximate surface area is 124 Å². The minimum absolute atomic E-state index is 0.218. The molecule has 0 unspecified atom stereocenters. The fourth-order valence-electron chi connectivity index (χ4n) is 1.81. The Morgan fingerprint density at radius 3 is 2.05 bits per heavy atom. The van der Waals surface area contributed by atoms with Crippen molar-refractivity contribution in [3.8, 4) is 0 Å². The molecule has 120 valence electrons. The van der Waals surface area contributed by atoms with Gasteiger partial charge in [0.15, 0.2) is 0 Å². The molecule has 0 aliphatic heterocycles. The van der Waals surface area contributed by atoms with Crippen LogP contribution in [-0.2, 0) is 0 Å². The normalized spacial score (nSPS) is 11.3. The van der Waals surface area contributed by atoms with Gasteiger partial charge in [0.1, 0.15) is 0 Å². The van der Waals surface area contributed by atoms with Crippen LogP contribution in [0.1, 0.15) is 27.2 Å². The van der Waals surface area contributed by atoms with Crippen molar-refractivity contribution in [2.75, 3.05) is 41.9 Å². The number of anilines is 3. The molecule has 1 heterocycles. The summed E-state index contributed by atoms with van der Waals surface area (Å²) in [7, 11) is 0. The number of hydrogen-bond acceptors (Lipinski definition) is 9. The molecule has 0 bridgehead atoms. The van der Waals surface area contributed by atoms with Gasteiger partial charge < -0.3 is 20.4 Å². The zero-order valence-electron chi connectivity index (χ0n) is 12.8. The van der Waals surface area contributed by atoms with Crippen LogP contribution < -0.4 is 21.5 Å². The smallest absolute Gasteiger partial charge is 0.243 e. The van der Waals surface area contributed by atoms with Crippen LogP contribution in [0.15, 0.2) is 0 Å². The molecule has 21 heavy (non-hydrogen) atoms. The van der Waals surface area contributed by atoms with Crippen molar-refractivity contribution in [1.82, 2.24) is 15.0 Å². The van der Waals surface area contributed by atoms with Crippen LogP contribution in [0.2, 0.25) is 0 Å². The van der Waals surface area contributed by atoms with Crippen molar-refractivity contribution in [3.63, 3.8) is 0 Å². The molecular formula is C12H25N7O2. The number of nitrogens with two attached hydrogens (primary N) is 1. The zero-order valence-corrected chi connectivity index (χ0v) is 12.8. The molecule has 0 saturated heterocycles. The van der Waals surface area contributed by atoms with Crippen molar-refractivity contribution >= 4 is 17.8 Å². The molecule has 0 aliphatic carbocycles. The molecule has 0 saturated carbocycles. The summed E-state index contributed by atoms with van der Waals surface area (Å²) >= 11 is 0. The molecule has 9 heteroatoms. The van der Waals surface area contributed by atoms with Gasteiger partial charge in [0.25, 0.3) is 0 Å².